The Morgan fingerprint density at radius 1 is 1.45 bits per heavy atom. The number of carbonyl (C=O) groups is 1. The van der Waals surface area contributed by atoms with Crippen molar-refractivity contribution in [2.75, 3.05) is 5.32 Å². The Morgan fingerprint density at radius 3 is 2.70 bits per heavy atom. The van der Waals surface area contributed by atoms with E-state index < -0.39 is 11.0 Å². The molecule has 0 radical (unpaired) electrons. The molecule has 1 aromatic heterocycles. The lowest BCUT2D eigenvalue weighted by Gasteiger charge is -2.11. The fraction of sp³-hybridized carbons (Fsp3) is 0.167. The summed E-state index contributed by atoms with van der Waals surface area (Å²) in [6.45, 7) is 0. The molecule has 1 atom stereocenters. The third-order valence-corrected chi connectivity index (χ3v) is 2.69. The highest BCUT2D eigenvalue weighted by Gasteiger charge is 2.15. The first kappa shape index (κ1) is 13.7. The standard InChI is InChI=1S/C12H13N5O3/c13-11(5-8-6-14-15-7-8)12(18)16-9-1-3-10(4-2-9)17(19)20/h1-4,6-7,11H,5,13H2,(H,14,15)(H,16,18). The van der Waals surface area contributed by atoms with Gasteiger partial charge in [0.25, 0.3) is 5.69 Å². The van der Waals surface area contributed by atoms with E-state index in [1.807, 2.05) is 0 Å². The molecule has 1 unspecified atom stereocenters. The molecule has 4 N–H and O–H groups in total. The Hall–Kier alpha value is -2.74. The molecule has 0 spiro atoms. The van der Waals surface area contributed by atoms with Gasteiger partial charge in [-0.3, -0.25) is 20.0 Å². The van der Waals surface area contributed by atoms with Crippen LogP contribution >= 0.6 is 0 Å². The summed E-state index contributed by atoms with van der Waals surface area (Å²) in [5.74, 6) is -0.361. The maximum atomic E-state index is 11.9. The summed E-state index contributed by atoms with van der Waals surface area (Å²) in [4.78, 5) is 21.9. The van der Waals surface area contributed by atoms with Crippen LogP contribution in [0.1, 0.15) is 5.56 Å². The zero-order chi connectivity index (χ0) is 14.5. The molecule has 1 aromatic carbocycles. The van der Waals surface area contributed by atoms with Gasteiger partial charge in [0.15, 0.2) is 0 Å². The van der Waals surface area contributed by atoms with Crippen LogP contribution in [0, 0.1) is 10.1 Å². The number of nitrogens with zero attached hydrogens (tertiary/aromatic N) is 2. The van der Waals surface area contributed by atoms with E-state index in [9.17, 15) is 14.9 Å². The molecule has 2 rings (SSSR count). The van der Waals surface area contributed by atoms with Gasteiger partial charge >= 0.3 is 0 Å². The second kappa shape index (κ2) is 5.93. The SMILES string of the molecule is NC(Cc1cn[nH]c1)C(=O)Nc1ccc([N+](=O)[O-])cc1. The highest BCUT2D eigenvalue weighted by Crippen LogP contribution is 2.15. The van der Waals surface area contributed by atoms with E-state index in [1.165, 1.54) is 24.3 Å². The number of nitro groups is 1. The number of benzene rings is 1. The molecule has 1 heterocycles. The summed E-state index contributed by atoms with van der Waals surface area (Å²) in [6.07, 6.45) is 3.62. The Balaban J connectivity index is 1.95. The number of anilines is 1. The van der Waals surface area contributed by atoms with Gasteiger partial charge < -0.3 is 11.1 Å². The van der Waals surface area contributed by atoms with Gasteiger partial charge in [-0.25, -0.2) is 0 Å². The summed E-state index contributed by atoms with van der Waals surface area (Å²) in [5, 5.41) is 19.5. The lowest BCUT2D eigenvalue weighted by Crippen LogP contribution is -2.37. The van der Waals surface area contributed by atoms with Crippen molar-refractivity contribution in [1.29, 1.82) is 0 Å². The van der Waals surface area contributed by atoms with Gasteiger partial charge in [-0.2, -0.15) is 5.10 Å². The molecule has 20 heavy (non-hydrogen) atoms. The molecule has 0 saturated carbocycles. The summed E-state index contributed by atoms with van der Waals surface area (Å²) in [5.41, 5.74) is 7.03. The second-order valence-corrected chi connectivity index (χ2v) is 4.21. The van der Waals surface area contributed by atoms with Crippen LogP contribution in [0.25, 0.3) is 0 Å². The Morgan fingerprint density at radius 2 is 2.15 bits per heavy atom. The zero-order valence-electron chi connectivity index (χ0n) is 10.4. The molecule has 0 aliphatic rings. The Kier molecular flexibility index (Phi) is 4.06. The van der Waals surface area contributed by atoms with Crippen molar-refractivity contribution >= 4 is 17.3 Å². The van der Waals surface area contributed by atoms with E-state index in [0.717, 1.165) is 5.56 Å². The number of aromatic amines is 1. The third-order valence-electron chi connectivity index (χ3n) is 2.69. The summed E-state index contributed by atoms with van der Waals surface area (Å²) in [7, 11) is 0. The number of nitrogens with two attached hydrogens (primary N) is 1. The molecular formula is C12H13N5O3. The van der Waals surface area contributed by atoms with Crippen molar-refractivity contribution in [3.63, 3.8) is 0 Å². The predicted molar refractivity (Wildman–Crippen MR) is 72.0 cm³/mol. The lowest BCUT2D eigenvalue weighted by atomic mass is 10.1. The van der Waals surface area contributed by atoms with Crippen LogP contribution in [0.2, 0.25) is 0 Å². The average Bonchev–Trinajstić information content (AvgIpc) is 2.92. The van der Waals surface area contributed by atoms with Crippen LogP contribution in [0.5, 0.6) is 0 Å². The van der Waals surface area contributed by atoms with Crippen molar-refractivity contribution in [2.24, 2.45) is 5.73 Å². The molecule has 2 aromatic rings. The second-order valence-electron chi connectivity index (χ2n) is 4.21. The number of non-ortho nitro benzene ring substituents is 1. The summed E-state index contributed by atoms with van der Waals surface area (Å²) >= 11 is 0. The molecule has 8 heteroatoms. The van der Waals surface area contributed by atoms with E-state index in [4.69, 9.17) is 5.73 Å². The minimum absolute atomic E-state index is 0.0364. The topological polar surface area (TPSA) is 127 Å². The largest absolute Gasteiger partial charge is 0.325 e. The normalized spacial score (nSPS) is 11.8. The van der Waals surface area contributed by atoms with E-state index in [-0.39, 0.29) is 11.6 Å². The van der Waals surface area contributed by atoms with Gasteiger partial charge in [0.05, 0.1) is 17.2 Å². The van der Waals surface area contributed by atoms with Crippen molar-refractivity contribution in [1.82, 2.24) is 10.2 Å². The van der Waals surface area contributed by atoms with Crippen LogP contribution in [0.4, 0.5) is 11.4 Å². The van der Waals surface area contributed by atoms with E-state index in [1.54, 1.807) is 12.4 Å². The van der Waals surface area contributed by atoms with Crippen molar-refractivity contribution in [2.45, 2.75) is 12.5 Å². The minimum Gasteiger partial charge on any atom is -0.325 e. The van der Waals surface area contributed by atoms with E-state index in [0.29, 0.717) is 12.1 Å². The lowest BCUT2D eigenvalue weighted by molar-refractivity contribution is -0.384. The smallest absolute Gasteiger partial charge is 0.269 e. The number of hydrogen-bond donors (Lipinski definition) is 3. The molecule has 0 aliphatic heterocycles. The van der Waals surface area contributed by atoms with Gasteiger partial charge in [-0.05, 0) is 24.1 Å². The fourth-order valence-electron chi connectivity index (χ4n) is 1.64. The number of amides is 1. The molecular weight excluding hydrogens is 262 g/mol. The van der Waals surface area contributed by atoms with Crippen molar-refractivity contribution < 1.29 is 9.72 Å². The predicted octanol–water partition coefficient (Wildman–Crippen LogP) is 0.826. The quantitative estimate of drug-likeness (QED) is 0.550. The van der Waals surface area contributed by atoms with Crippen molar-refractivity contribution in [3.05, 3.63) is 52.3 Å². The number of aromatic nitrogens is 2. The third kappa shape index (κ3) is 3.39. The molecule has 0 bridgehead atoms. The number of carbonyl (C=O) groups excluding carboxylic acids is 1. The first-order valence-electron chi connectivity index (χ1n) is 5.85. The zero-order valence-corrected chi connectivity index (χ0v) is 10.4. The molecule has 8 nitrogen and oxygen atoms in total. The van der Waals surface area contributed by atoms with Gasteiger partial charge in [-0.1, -0.05) is 0 Å². The fourth-order valence-corrected chi connectivity index (χ4v) is 1.64. The molecule has 104 valence electrons. The highest BCUT2D eigenvalue weighted by atomic mass is 16.6. The number of nitrogens with one attached hydrogen (secondary N) is 2. The summed E-state index contributed by atoms with van der Waals surface area (Å²) < 4.78 is 0. The number of H-pyrrole nitrogens is 1. The average molecular weight is 275 g/mol. The van der Waals surface area contributed by atoms with Gasteiger partial charge in [0, 0.05) is 24.0 Å². The number of hydrogen-bond acceptors (Lipinski definition) is 5. The summed E-state index contributed by atoms with van der Waals surface area (Å²) in [6, 6.07) is 4.83. The number of nitro benzene ring substituents is 1. The first-order valence-corrected chi connectivity index (χ1v) is 5.85. The minimum atomic E-state index is -0.720. The van der Waals surface area contributed by atoms with Crippen LogP contribution in [-0.2, 0) is 11.2 Å². The Labute approximate surface area is 114 Å². The molecule has 0 saturated heterocycles. The van der Waals surface area contributed by atoms with Gasteiger partial charge in [0.1, 0.15) is 0 Å². The van der Waals surface area contributed by atoms with Crippen LogP contribution in [0.3, 0.4) is 0 Å². The van der Waals surface area contributed by atoms with Crippen LogP contribution in [0.15, 0.2) is 36.7 Å². The first-order chi connectivity index (χ1) is 9.56. The monoisotopic (exact) mass is 275 g/mol. The molecule has 0 fully saturated rings. The van der Waals surface area contributed by atoms with E-state index in [2.05, 4.69) is 15.5 Å². The maximum absolute atomic E-state index is 11.9. The van der Waals surface area contributed by atoms with Crippen molar-refractivity contribution in [3.8, 4) is 0 Å². The molecule has 0 aliphatic carbocycles. The van der Waals surface area contributed by atoms with E-state index >= 15 is 0 Å². The van der Waals surface area contributed by atoms with Gasteiger partial charge in [-0.15, -0.1) is 0 Å². The van der Waals surface area contributed by atoms with Gasteiger partial charge in [0.2, 0.25) is 5.91 Å². The maximum Gasteiger partial charge on any atom is 0.269 e. The van der Waals surface area contributed by atoms with Crippen LogP contribution in [-0.4, -0.2) is 27.1 Å². The molecule has 1 amide bonds. The van der Waals surface area contributed by atoms with Crippen LogP contribution < -0.4 is 11.1 Å². The number of rotatable bonds is 5. The highest BCUT2D eigenvalue weighted by molar-refractivity contribution is 5.94. The Bertz CT molecular complexity index is 594.